The third-order valence-electron chi connectivity index (χ3n) is 4.37. The van der Waals surface area contributed by atoms with Crippen molar-refractivity contribution in [2.24, 2.45) is 5.92 Å². The lowest BCUT2D eigenvalue weighted by molar-refractivity contribution is 0.528. The highest BCUT2D eigenvalue weighted by atomic mass is 19.1. The SMILES string of the molecule is CCCNCc1ccnc(N2CC3CCC2C3)c1F. The Morgan fingerprint density at radius 3 is 3.05 bits per heavy atom. The molecule has 2 fully saturated rings. The topological polar surface area (TPSA) is 28.2 Å². The summed E-state index contributed by atoms with van der Waals surface area (Å²) in [5.41, 5.74) is 0.737. The summed E-state index contributed by atoms with van der Waals surface area (Å²) in [6, 6.07) is 2.31. The average molecular weight is 263 g/mol. The number of hydrogen-bond acceptors (Lipinski definition) is 3. The normalized spacial score (nSPS) is 25.3. The molecule has 2 aliphatic rings. The van der Waals surface area contributed by atoms with Gasteiger partial charge in [-0.15, -0.1) is 0 Å². The van der Waals surface area contributed by atoms with E-state index in [0.29, 0.717) is 18.4 Å². The van der Waals surface area contributed by atoms with Crippen LogP contribution in [0.15, 0.2) is 12.3 Å². The fraction of sp³-hybridized carbons (Fsp3) is 0.667. The Bertz CT molecular complexity index is 449. The van der Waals surface area contributed by atoms with Crippen LogP contribution in [0.4, 0.5) is 10.2 Å². The van der Waals surface area contributed by atoms with E-state index < -0.39 is 0 Å². The van der Waals surface area contributed by atoms with Gasteiger partial charge in [-0.1, -0.05) is 6.92 Å². The lowest BCUT2D eigenvalue weighted by Gasteiger charge is -2.28. The number of piperidine rings is 1. The van der Waals surface area contributed by atoms with Crippen LogP contribution < -0.4 is 10.2 Å². The predicted molar refractivity (Wildman–Crippen MR) is 74.7 cm³/mol. The van der Waals surface area contributed by atoms with Gasteiger partial charge < -0.3 is 10.2 Å². The average Bonchev–Trinajstić information content (AvgIpc) is 3.03. The number of nitrogens with one attached hydrogen (secondary N) is 1. The molecule has 1 saturated heterocycles. The van der Waals surface area contributed by atoms with Crippen molar-refractivity contribution in [2.45, 2.75) is 45.2 Å². The van der Waals surface area contributed by atoms with Crippen LogP contribution >= 0.6 is 0 Å². The van der Waals surface area contributed by atoms with Crippen LogP contribution in [-0.4, -0.2) is 24.1 Å². The zero-order chi connectivity index (χ0) is 13.2. The number of rotatable bonds is 5. The Hall–Kier alpha value is -1.16. The number of fused-ring (bicyclic) bond motifs is 2. The lowest BCUT2D eigenvalue weighted by Crippen LogP contribution is -2.33. The van der Waals surface area contributed by atoms with Crippen molar-refractivity contribution < 1.29 is 4.39 Å². The van der Waals surface area contributed by atoms with Gasteiger partial charge >= 0.3 is 0 Å². The van der Waals surface area contributed by atoms with Crippen molar-refractivity contribution in [3.05, 3.63) is 23.6 Å². The van der Waals surface area contributed by atoms with Crippen LogP contribution in [0.2, 0.25) is 0 Å². The Balaban J connectivity index is 1.76. The van der Waals surface area contributed by atoms with E-state index in [0.717, 1.165) is 31.0 Å². The zero-order valence-electron chi connectivity index (χ0n) is 11.5. The highest BCUT2D eigenvalue weighted by Gasteiger charge is 2.39. The standard InChI is InChI=1S/C15H22FN3/c1-2-6-17-9-12-5-7-18-15(14(12)16)19-10-11-3-4-13(19)8-11/h5,7,11,13,17H,2-4,6,8-10H2,1H3. The monoisotopic (exact) mass is 263 g/mol. The van der Waals surface area contributed by atoms with E-state index in [-0.39, 0.29) is 5.82 Å². The Labute approximate surface area is 114 Å². The molecule has 1 aromatic heterocycles. The van der Waals surface area contributed by atoms with Crippen molar-refractivity contribution in [1.82, 2.24) is 10.3 Å². The van der Waals surface area contributed by atoms with Gasteiger partial charge in [-0.25, -0.2) is 9.37 Å². The molecule has 4 heteroatoms. The second kappa shape index (κ2) is 5.45. The van der Waals surface area contributed by atoms with E-state index in [1.54, 1.807) is 12.3 Å². The fourth-order valence-electron chi connectivity index (χ4n) is 3.39. The van der Waals surface area contributed by atoms with Crippen LogP contribution in [0.25, 0.3) is 0 Å². The van der Waals surface area contributed by atoms with E-state index in [1.165, 1.54) is 19.3 Å². The molecule has 1 aliphatic heterocycles. The molecule has 1 saturated carbocycles. The maximum atomic E-state index is 14.5. The number of aromatic nitrogens is 1. The molecular formula is C15H22FN3. The molecule has 2 atom stereocenters. The molecule has 19 heavy (non-hydrogen) atoms. The molecule has 2 unspecified atom stereocenters. The maximum absolute atomic E-state index is 14.5. The van der Waals surface area contributed by atoms with Gasteiger partial charge in [0.25, 0.3) is 0 Å². The quantitative estimate of drug-likeness (QED) is 0.828. The molecule has 3 nitrogen and oxygen atoms in total. The van der Waals surface area contributed by atoms with Gasteiger partial charge in [0.05, 0.1) is 0 Å². The highest BCUT2D eigenvalue weighted by molar-refractivity contribution is 5.46. The van der Waals surface area contributed by atoms with Crippen molar-refractivity contribution in [2.75, 3.05) is 18.0 Å². The Morgan fingerprint density at radius 2 is 2.37 bits per heavy atom. The van der Waals surface area contributed by atoms with Gasteiger partial charge in [-0.05, 0) is 44.2 Å². The summed E-state index contributed by atoms with van der Waals surface area (Å²) in [4.78, 5) is 6.48. The largest absolute Gasteiger partial charge is 0.351 e. The molecule has 104 valence electrons. The first-order valence-corrected chi connectivity index (χ1v) is 7.40. The minimum atomic E-state index is -0.126. The van der Waals surface area contributed by atoms with Crippen LogP contribution in [0.3, 0.4) is 0 Å². The summed E-state index contributed by atoms with van der Waals surface area (Å²) >= 11 is 0. The second-order valence-electron chi connectivity index (χ2n) is 5.77. The van der Waals surface area contributed by atoms with E-state index in [2.05, 4.69) is 22.1 Å². The maximum Gasteiger partial charge on any atom is 0.170 e. The molecule has 0 radical (unpaired) electrons. The smallest absolute Gasteiger partial charge is 0.170 e. The summed E-state index contributed by atoms with van der Waals surface area (Å²) in [7, 11) is 0. The van der Waals surface area contributed by atoms with E-state index >= 15 is 0 Å². The third kappa shape index (κ3) is 2.46. The van der Waals surface area contributed by atoms with E-state index in [1.807, 2.05) is 0 Å². The molecule has 3 rings (SSSR count). The fourth-order valence-corrected chi connectivity index (χ4v) is 3.39. The Kier molecular flexibility index (Phi) is 3.69. The van der Waals surface area contributed by atoms with Crippen molar-refractivity contribution in [3.63, 3.8) is 0 Å². The van der Waals surface area contributed by atoms with Crippen molar-refractivity contribution >= 4 is 5.82 Å². The number of halogens is 1. The molecule has 0 spiro atoms. The zero-order valence-corrected chi connectivity index (χ0v) is 11.5. The van der Waals surface area contributed by atoms with Gasteiger partial charge in [-0.2, -0.15) is 0 Å². The van der Waals surface area contributed by atoms with E-state index in [9.17, 15) is 4.39 Å². The predicted octanol–water partition coefficient (Wildman–Crippen LogP) is 2.71. The summed E-state index contributed by atoms with van der Waals surface area (Å²) in [5.74, 6) is 1.20. The van der Waals surface area contributed by atoms with Crippen LogP contribution in [0.1, 0.15) is 38.2 Å². The van der Waals surface area contributed by atoms with E-state index in [4.69, 9.17) is 0 Å². The molecule has 2 bridgehead atoms. The van der Waals surface area contributed by atoms with Crippen molar-refractivity contribution in [1.29, 1.82) is 0 Å². The van der Waals surface area contributed by atoms with Gasteiger partial charge in [-0.3, -0.25) is 0 Å². The first-order chi connectivity index (χ1) is 9.29. The number of pyridine rings is 1. The molecule has 1 N–H and O–H groups in total. The molecule has 1 aliphatic carbocycles. The first kappa shape index (κ1) is 12.9. The summed E-state index contributed by atoms with van der Waals surface area (Å²) in [6.45, 7) is 4.62. The number of hydrogen-bond donors (Lipinski definition) is 1. The van der Waals surface area contributed by atoms with Crippen LogP contribution in [0, 0.1) is 11.7 Å². The minimum Gasteiger partial charge on any atom is -0.351 e. The molecule has 1 aromatic rings. The van der Waals surface area contributed by atoms with Gasteiger partial charge in [0, 0.05) is 30.9 Å². The highest BCUT2D eigenvalue weighted by Crippen LogP contribution is 2.40. The number of nitrogens with zero attached hydrogens (tertiary/aromatic N) is 2. The minimum absolute atomic E-state index is 0.126. The summed E-state index contributed by atoms with van der Waals surface area (Å²) < 4.78 is 14.5. The second-order valence-corrected chi connectivity index (χ2v) is 5.77. The summed E-state index contributed by atoms with van der Waals surface area (Å²) in [5, 5.41) is 3.26. The van der Waals surface area contributed by atoms with Crippen LogP contribution in [0.5, 0.6) is 0 Å². The molecule has 0 amide bonds. The summed E-state index contributed by atoms with van der Waals surface area (Å²) in [6.07, 6.45) is 6.53. The molecule has 2 heterocycles. The number of anilines is 1. The first-order valence-electron chi connectivity index (χ1n) is 7.40. The van der Waals surface area contributed by atoms with Crippen LogP contribution in [-0.2, 0) is 6.54 Å². The van der Waals surface area contributed by atoms with Gasteiger partial charge in [0.1, 0.15) is 0 Å². The van der Waals surface area contributed by atoms with Gasteiger partial charge in [0.2, 0.25) is 0 Å². The molecular weight excluding hydrogens is 241 g/mol. The van der Waals surface area contributed by atoms with Crippen molar-refractivity contribution in [3.8, 4) is 0 Å². The molecule has 0 aromatic carbocycles. The Morgan fingerprint density at radius 1 is 1.47 bits per heavy atom. The lowest BCUT2D eigenvalue weighted by atomic mass is 10.1. The third-order valence-corrected chi connectivity index (χ3v) is 4.37. The van der Waals surface area contributed by atoms with Gasteiger partial charge in [0.15, 0.2) is 11.6 Å².